The van der Waals surface area contributed by atoms with E-state index in [4.69, 9.17) is 0 Å². The van der Waals surface area contributed by atoms with E-state index in [1.54, 1.807) is 12.1 Å². The first kappa shape index (κ1) is 16.4. The largest absolute Gasteiger partial charge is 0.314 e. The Kier molecular flexibility index (Phi) is 6.15. The maximum absolute atomic E-state index is 13.2. The molecule has 0 amide bonds. The predicted molar refractivity (Wildman–Crippen MR) is 86.0 cm³/mol. The van der Waals surface area contributed by atoms with Crippen LogP contribution in [0.1, 0.15) is 32.4 Å². The van der Waals surface area contributed by atoms with Gasteiger partial charge in [0, 0.05) is 38.3 Å². The summed E-state index contributed by atoms with van der Waals surface area (Å²) < 4.78 is 13.2. The van der Waals surface area contributed by atoms with Crippen molar-refractivity contribution in [1.29, 1.82) is 0 Å². The molecule has 0 aromatic heterocycles. The van der Waals surface area contributed by atoms with Gasteiger partial charge in [0.25, 0.3) is 0 Å². The second-order valence-electron chi connectivity index (χ2n) is 5.84. The molecule has 21 heavy (non-hydrogen) atoms. The Hall–Kier alpha value is -0.970. The van der Waals surface area contributed by atoms with E-state index in [-0.39, 0.29) is 5.82 Å². The molecule has 1 aromatic rings. The van der Waals surface area contributed by atoms with Gasteiger partial charge in [-0.15, -0.1) is 0 Å². The molecular weight excluding hydrogens is 265 g/mol. The number of piperazine rings is 1. The van der Waals surface area contributed by atoms with E-state index in [1.807, 2.05) is 12.1 Å². The molecule has 1 saturated heterocycles. The fourth-order valence-corrected chi connectivity index (χ4v) is 3.13. The summed E-state index contributed by atoms with van der Waals surface area (Å²) in [5, 5.41) is 3.45. The lowest BCUT2D eigenvalue weighted by atomic mass is 10.0. The first-order valence-corrected chi connectivity index (χ1v) is 8.10. The highest BCUT2D eigenvalue weighted by Crippen LogP contribution is 2.25. The van der Waals surface area contributed by atoms with Crippen LogP contribution in [0.4, 0.5) is 4.39 Å². The van der Waals surface area contributed by atoms with Crippen molar-refractivity contribution >= 4 is 0 Å². The molecule has 1 fully saturated rings. The van der Waals surface area contributed by atoms with Crippen LogP contribution in [0.2, 0.25) is 0 Å². The van der Waals surface area contributed by atoms with Gasteiger partial charge in [0.15, 0.2) is 0 Å². The first-order chi connectivity index (χ1) is 10.2. The number of rotatable bonds is 6. The molecule has 0 spiro atoms. The summed E-state index contributed by atoms with van der Waals surface area (Å²) in [6.07, 6.45) is 0. The highest BCUT2D eigenvalue weighted by atomic mass is 19.1. The molecule has 0 saturated carbocycles. The van der Waals surface area contributed by atoms with Gasteiger partial charge in [0.05, 0.1) is 0 Å². The summed E-state index contributed by atoms with van der Waals surface area (Å²) in [5.41, 5.74) is 1.22. The van der Waals surface area contributed by atoms with Crippen molar-refractivity contribution in [2.75, 3.05) is 39.3 Å². The zero-order valence-corrected chi connectivity index (χ0v) is 13.5. The van der Waals surface area contributed by atoms with Gasteiger partial charge in [-0.2, -0.15) is 0 Å². The van der Waals surface area contributed by atoms with Crippen molar-refractivity contribution in [2.45, 2.75) is 32.9 Å². The lowest BCUT2D eigenvalue weighted by Crippen LogP contribution is -2.53. The van der Waals surface area contributed by atoms with Crippen LogP contribution in [0.15, 0.2) is 24.3 Å². The van der Waals surface area contributed by atoms with Crippen LogP contribution < -0.4 is 5.32 Å². The molecule has 4 heteroatoms. The molecule has 2 atom stereocenters. The molecular formula is C17H28FN3. The Morgan fingerprint density at radius 2 is 1.95 bits per heavy atom. The second kappa shape index (κ2) is 7.87. The molecule has 0 aliphatic carbocycles. The number of nitrogens with one attached hydrogen (secondary N) is 1. The number of nitrogens with zero attached hydrogens (tertiary/aromatic N) is 2. The van der Waals surface area contributed by atoms with Crippen molar-refractivity contribution in [1.82, 2.24) is 15.1 Å². The molecule has 1 aliphatic heterocycles. The van der Waals surface area contributed by atoms with Crippen molar-refractivity contribution in [3.05, 3.63) is 35.6 Å². The summed E-state index contributed by atoms with van der Waals surface area (Å²) in [7, 11) is 0. The van der Waals surface area contributed by atoms with E-state index in [2.05, 4.69) is 35.9 Å². The van der Waals surface area contributed by atoms with Gasteiger partial charge < -0.3 is 10.2 Å². The molecule has 2 unspecified atom stereocenters. The van der Waals surface area contributed by atoms with Crippen LogP contribution in [0.5, 0.6) is 0 Å². The Balaban J connectivity index is 2.22. The fourth-order valence-electron chi connectivity index (χ4n) is 3.13. The van der Waals surface area contributed by atoms with Crippen LogP contribution in [0, 0.1) is 5.82 Å². The monoisotopic (exact) mass is 293 g/mol. The lowest BCUT2D eigenvalue weighted by Gasteiger charge is -2.42. The molecule has 1 N–H and O–H groups in total. The third kappa shape index (κ3) is 4.25. The predicted octanol–water partition coefficient (Wildman–Crippen LogP) is 2.50. The lowest BCUT2D eigenvalue weighted by molar-refractivity contribution is 0.0871. The quantitative estimate of drug-likeness (QED) is 0.869. The summed E-state index contributed by atoms with van der Waals surface area (Å²) in [5.74, 6) is -0.159. The molecule has 1 aliphatic rings. The number of halogens is 1. The van der Waals surface area contributed by atoms with Gasteiger partial charge in [0.2, 0.25) is 0 Å². The van der Waals surface area contributed by atoms with Crippen molar-refractivity contribution in [3.63, 3.8) is 0 Å². The standard InChI is InChI=1S/C17H28FN3/c1-4-20(5-2)13-17(15-6-8-16(18)9-7-15)21-11-10-19-12-14(21)3/h6-9,14,17,19H,4-5,10-13H2,1-3H3. The topological polar surface area (TPSA) is 18.5 Å². The molecule has 118 valence electrons. The van der Waals surface area contributed by atoms with Gasteiger partial charge >= 0.3 is 0 Å². The fraction of sp³-hybridized carbons (Fsp3) is 0.647. The van der Waals surface area contributed by atoms with E-state index in [1.165, 1.54) is 5.56 Å². The van der Waals surface area contributed by atoms with Crippen LogP contribution in [0.25, 0.3) is 0 Å². The SMILES string of the molecule is CCN(CC)CC(c1ccc(F)cc1)N1CCNCC1C. The van der Waals surface area contributed by atoms with Crippen LogP contribution >= 0.6 is 0 Å². The Morgan fingerprint density at radius 3 is 2.52 bits per heavy atom. The van der Waals surface area contributed by atoms with Gasteiger partial charge in [-0.3, -0.25) is 4.90 Å². The van der Waals surface area contributed by atoms with Gasteiger partial charge in [-0.05, 0) is 37.7 Å². The van der Waals surface area contributed by atoms with Crippen molar-refractivity contribution in [3.8, 4) is 0 Å². The zero-order valence-electron chi connectivity index (χ0n) is 13.5. The van der Waals surface area contributed by atoms with E-state index < -0.39 is 0 Å². The minimum atomic E-state index is -0.159. The van der Waals surface area contributed by atoms with E-state index in [0.717, 1.165) is 39.3 Å². The highest BCUT2D eigenvalue weighted by molar-refractivity contribution is 5.21. The molecule has 2 rings (SSSR count). The number of likely N-dealkylation sites (N-methyl/N-ethyl adjacent to an activating group) is 1. The number of benzene rings is 1. The van der Waals surface area contributed by atoms with Crippen LogP contribution in [0.3, 0.4) is 0 Å². The molecule has 1 aromatic carbocycles. The van der Waals surface area contributed by atoms with Crippen molar-refractivity contribution in [2.24, 2.45) is 0 Å². The first-order valence-electron chi connectivity index (χ1n) is 8.10. The third-order valence-corrected chi connectivity index (χ3v) is 4.53. The maximum Gasteiger partial charge on any atom is 0.123 e. The summed E-state index contributed by atoms with van der Waals surface area (Å²) >= 11 is 0. The normalized spacial score (nSPS) is 21.7. The number of hydrogen-bond donors (Lipinski definition) is 1. The van der Waals surface area contributed by atoms with Crippen LogP contribution in [-0.2, 0) is 0 Å². The Morgan fingerprint density at radius 1 is 1.29 bits per heavy atom. The van der Waals surface area contributed by atoms with E-state index in [9.17, 15) is 4.39 Å². The van der Waals surface area contributed by atoms with E-state index in [0.29, 0.717) is 12.1 Å². The van der Waals surface area contributed by atoms with Gasteiger partial charge in [-0.1, -0.05) is 26.0 Å². The Labute approximate surface area is 128 Å². The average Bonchev–Trinajstić information content (AvgIpc) is 2.51. The minimum Gasteiger partial charge on any atom is -0.314 e. The summed E-state index contributed by atoms with van der Waals surface area (Å²) in [6, 6.07) is 7.89. The van der Waals surface area contributed by atoms with Gasteiger partial charge in [0.1, 0.15) is 5.82 Å². The average molecular weight is 293 g/mol. The van der Waals surface area contributed by atoms with Crippen LogP contribution in [-0.4, -0.2) is 55.1 Å². The summed E-state index contributed by atoms with van der Waals surface area (Å²) in [4.78, 5) is 5.00. The molecule has 0 radical (unpaired) electrons. The highest BCUT2D eigenvalue weighted by Gasteiger charge is 2.28. The number of hydrogen-bond acceptors (Lipinski definition) is 3. The second-order valence-corrected chi connectivity index (χ2v) is 5.84. The third-order valence-electron chi connectivity index (χ3n) is 4.53. The van der Waals surface area contributed by atoms with E-state index >= 15 is 0 Å². The Bertz CT molecular complexity index is 417. The molecule has 0 bridgehead atoms. The van der Waals surface area contributed by atoms with Crippen molar-refractivity contribution < 1.29 is 4.39 Å². The smallest absolute Gasteiger partial charge is 0.123 e. The summed E-state index contributed by atoms with van der Waals surface area (Å²) in [6.45, 7) is 12.9. The molecule has 1 heterocycles. The zero-order chi connectivity index (χ0) is 15.2. The minimum absolute atomic E-state index is 0.159. The van der Waals surface area contributed by atoms with Gasteiger partial charge in [-0.25, -0.2) is 4.39 Å². The maximum atomic E-state index is 13.2. The molecule has 3 nitrogen and oxygen atoms in total.